The minimum atomic E-state index is -0.307. The number of nitrogens with zero attached hydrogens (tertiary/aromatic N) is 1. The van der Waals surface area contributed by atoms with Crippen molar-refractivity contribution in [3.8, 4) is 5.75 Å². The maximum Gasteiger partial charge on any atom is 0.265 e. The fourth-order valence-electron chi connectivity index (χ4n) is 2.41. The van der Waals surface area contributed by atoms with E-state index in [0.717, 1.165) is 5.56 Å². The van der Waals surface area contributed by atoms with Crippen LogP contribution < -0.4 is 10.1 Å². The Morgan fingerprint density at radius 3 is 2.61 bits per heavy atom. The lowest BCUT2D eigenvalue weighted by Crippen LogP contribution is -2.16. The quantitative estimate of drug-likeness (QED) is 0.467. The molecule has 0 bridgehead atoms. The van der Waals surface area contributed by atoms with Gasteiger partial charge in [-0.2, -0.15) is 0 Å². The summed E-state index contributed by atoms with van der Waals surface area (Å²) in [6.07, 6.45) is 1.47. The number of para-hydroxylation sites is 2. The maximum absolute atomic E-state index is 13.3. The lowest BCUT2D eigenvalue weighted by atomic mass is 10.2. The van der Waals surface area contributed by atoms with Crippen LogP contribution in [0.4, 0.5) is 10.1 Å². The van der Waals surface area contributed by atoms with Gasteiger partial charge in [0.2, 0.25) is 0 Å². The first-order valence-corrected chi connectivity index (χ1v) is 8.67. The van der Waals surface area contributed by atoms with Crippen LogP contribution in [0.2, 0.25) is 0 Å². The highest BCUT2D eigenvalue weighted by Gasteiger charge is 2.04. The third kappa shape index (κ3) is 5.95. The van der Waals surface area contributed by atoms with Crippen molar-refractivity contribution in [2.24, 2.45) is 5.16 Å². The molecule has 0 saturated carbocycles. The van der Waals surface area contributed by atoms with E-state index in [4.69, 9.17) is 9.57 Å². The summed E-state index contributed by atoms with van der Waals surface area (Å²) < 4.78 is 19.0. The van der Waals surface area contributed by atoms with Crippen molar-refractivity contribution < 1.29 is 18.8 Å². The van der Waals surface area contributed by atoms with E-state index in [1.54, 1.807) is 36.4 Å². The Morgan fingerprint density at radius 1 is 1.00 bits per heavy atom. The predicted molar refractivity (Wildman–Crippen MR) is 106 cm³/mol. The lowest BCUT2D eigenvalue weighted by Gasteiger charge is -2.09. The minimum absolute atomic E-state index is 0.211. The molecular formula is C22H19FN2O3. The van der Waals surface area contributed by atoms with Crippen molar-refractivity contribution in [3.63, 3.8) is 0 Å². The highest BCUT2D eigenvalue weighted by atomic mass is 19.1. The monoisotopic (exact) mass is 378 g/mol. The van der Waals surface area contributed by atoms with Crippen LogP contribution in [-0.2, 0) is 16.2 Å². The smallest absolute Gasteiger partial charge is 0.265 e. The molecule has 3 rings (SSSR count). The second kappa shape index (κ2) is 9.87. The van der Waals surface area contributed by atoms with Crippen LogP contribution >= 0.6 is 0 Å². The number of amides is 1. The van der Waals surface area contributed by atoms with Crippen LogP contribution in [0.15, 0.2) is 84.0 Å². The number of nitrogens with one attached hydrogen (secondary N) is 1. The number of rotatable bonds is 8. The Hall–Kier alpha value is -3.67. The SMILES string of the molecule is O=C(CO/N=C/c1ccccc1OCc1cccc(F)c1)Nc1ccccc1. The first kappa shape index (κ1) is 19.1. The molecule has 0 atom stereocenters. The molecule has 0 aliphatic carbocycles. The van der Waals surface area contributed by atoms with Gasteiger partial charge in [0, 0.05) is 11.3 Å². The zero-order chi connectivity index (χ0) is 19.6. The second-order valence-electron chi connectivity index (χ2n) is 5.88. The molecule has 0 aliphatic heterocycles. The zero-order valence-corrected chi connectivity index (χ0v) is 15.0. The van der Waals surface area contributed by atoms with Gasteiger partial charge in [-0.3, -0.25) is 4.79 Å². The van der Waals surface area contributed by atoms with Gasteiger partial charge in [0.05, 0.1) is 6.21 Å². The predicted octanol–water partition coefficient (Wildman–Crippen LogP) is 4.39. The molecule has 1 amide bonds. The van der Waals surface area contributed by atoms with Gasteiger partial charge in [-0.05, 0) is 42.0 Å². The van der Waals surface area contributed by atoms with Crippen LogP contribution in [0.3, 0.4) is 0 Å². The van der Waals surface area contributed by atoms with E-state index in [9.17, 15) is 9.18 Å². The van der Waals surface area contributed by atoms with Crippen molar-refractivity contribution in [3.05, 3.63) is 95.8 Å². The van der Waals surface area contributed by atoms with Crippen LogP contribution in [0.25, 0.3) is 0 Å². The number of ether oxygens (including phenoxy) is 1. The Morgan fingerprint density at radius 2 is 1.79 bits per heavy atom. The molecule has 0 radical (unpaired) electrons. The Kier molecular flexibility index (Phi) is 6.73. The van der Waals surface area contributed by atoms with Crippen molar-refractivity contribution in [2.75, 3.05) is 11.9 Å². The Balaban J connectivity index is 1.52. The molecule has 0 heterocycles. The van der Waals surface area contributed by atoms with Gasteiger partial charge in [0.25, 0.3) is 5.91 Å². The zero-order valence-electron chi connectivity index (χ0n) is 15.0. The summed E-state index contributed by atoms with van der Waals surface area (Å²) in [6, 6.07) is 22.6. The number of hydrogen-bond acceptors (Lipinski definition) is 4. The van der Waals surface area contributed by atoms with Gasteiger partial charge in [-0.15, -0.1) is 0 Å². The molecule has 6 heteroatoms. The molecule has 28 heavy (non-hydrogen) atoms. The van der Waals surface area contributed by atoms with Gasteiger partial charge in [0.1, 0.15) is 18.2 Å². The summed E-state index contributed by atoms with van der Waals surface area (Å²) in [5, 5.41) is 6.53. The summed E-state index contributed by atoms with van der Waals surface area (Å²) >= 11 is 0. The largest absolute Gasteiger partial charge is 0.488 e. The number of carbonyl (C=O) groups excluding carboxylic acids is 1. The summed E-state index contributed by atoms with van der Waals surface area (Å²) in [6.45, 7) is 0.0145. The van der Waals surface area contributed by atoms with E-state index in [1.165, 1.54) is 18.3 Å². The molecule has 5 nitrogen and oxygen atoms in total. The number of halogens is 1. The number of benzene rings is 3. The maximum atomic E-state index is 13.3. The molecule has 142 valence electrons. The van der Waals surface area contributed by atoms with E-state index in [0.29, 0.717) is 17.0 Å². The van der Waals surface area contributed by atoms with Crippen LogP contribution in [0, 0.1) is 5.82 Å². The molecular weight excluding hydrogens is 359 g/mol. The Labute approximate surface area is 162 Å². The molecule has 0 saturated heterocycles. The average Bonchev–Trinajstić information content (AvgIpc) is 2.71. The van der Waals surface area contributed by atoms with E-state index < -0.39 is 0 Å². The van der Waals surface area contributed by atoms with Gasteiger partial charge < -0.3 is 14.9 Å². The summed E-state index contributed by atoms with van der Waals surface area (Å²) in [5.74, 6) is -0.0371. The number of carbonyl (C=O) groups is 1. The van der Waals surface area contributed by atoms with Crippen molar-refractivity contribution in [2.45, 2.75) is 6.61 Å². The molecule has 3 aromatic rings. The molecule has 0 fully saturated rings. The molecule has 0 aromatic heterocycles. The summed E-state index contributed by atoms with van der Waals surface area (Å²) in [5.41, 5.74) is 2.10. The number of hydrogen-bond donors (Lipinski definition) is 1. The highest BCUT2D eigenvalue weighted by Crippen LogP contribution is 2.18. The highest BCUT2D eigenvalue weighted by molar-refractivity contribution is 5.91. The van der Waals surface area contributed by atoms with Crippen LogP contribution in [0.5, 0.6) is 5.75 Å². The van der Waals surface area contributed by atoms with E-state index in [1.807, 2.05) is 30.3 Å². The van der Waals surface area contributed by atoms with Crippen LogP contribution in [-0.4, -0.2) is 18.7 Å². The molecule has 0 unspecified atom stereocenters. The topological polar surface area (TPSA) is 59.9 Å². The normalized spacial score (nSPS) is 10.6. The van der Waals surface area contributed by atoms with E-state index in [-0.39, 0.29) is 24.9 Å². The lowest BCUT2D eigenvalue weighted by molar-refractivity contribution is -0.120. The van der Waals surface area contributed by atoms with Crippen LogP contribution in [0.1, 0.15) is 11.1 Å². The van der Waals surface area contributed by atoms with E-state index in [2.05, 4.69) is 10.5 Å². The third-order valence-corrected chi connectivity index (χ3v) is 3.72. The Bertz CT molecular complexity index is 945. The fraction of sp³-hybridized carbons (Fsp3) is 0.0909. The number of oxime groups is 1. The summed E-state index contributed by atoms with van der Waals surface area (Å²) in [7, 11) is 0. The molecule has 0 spiro atoms. The number of anilines is 1. The van der Waals surface area contributed by atoms with Crippen molar-refractivity contribution >= 4 is 17.8 Å². The summed E-state index contributed by atoms with van der Waals surface area (Å²) in [4.78, 5) is 16.9. The first-order chi connectivity index (χ1) is 13.7. The van der Waals surface area contributed by atoms with Gasteiger partial charge in [0.15, 0.2) is 6.61 Å². The minimum Gasteiger partial charge on any atom is -0.488 e. The van der Waals surface area contributed by atoms with Crippen molar-refractivity contribution in [1.82, 2.24) is 0 Å². The molecule has 0 aliphatic rings. The molecule has 1 N–H and O–H groups in total. The van der Waals surface area contributed by atoms with Gasteiger partial charge in [-0.1, -0.05) is 47.6 Å². The average molecular weight is 378 g/mol. The van der Waals surface area contributed by atoms with Gasteiger partial charge in [-0.25, -0.2) is 4.39 Å². The van der Waals surface area contributed by atoms with E-state index >= 15 is 0 Å². The van der Waals surface area contributed by atoms with Gasteiger partial charge >= 0.3 is 0 Å². The third-order valence-electron chi connectivity index (χ3n) is 3.72. The fourth-order valence-corrected chi connectivity index (χ4v) is 2.41. The second-order valence-corrected chi connectivity index (χ2v) is 5.88. The van der Waals surface area contributed by atoms with Crippen molar-refractivity contribution in [1.29, 1.82) is 0 Å². The molecule has 3 aromatic carbocycles. The first-order valence-electron chi connectivity index (χ1n) is 8.67. The standard InChI is InChI=1S/C22H19FN2O3/c23-19-9-6-7-17(13-19)15-27-21-12-5-4-8-18(21)14-24-28-16-22(26)25-20-10-2-1-3-11-20/h1-14H,15-16H2,(H,25,26)/b24-14+.